The topological polar surface area (TPSA) is 58.1 Å². The van der Waals surface area contributed by atoms with Crippen molar-refractivity contribution in [3.05, 3.63) is 40.0 Å². The zero-order valence-electron chi connectivity index (χ0n) is 11.2. The number of rotatable bonds is 3. The Hall–Kier alpha value is -1.95. The first-order valence-electron chi connectivity index (χ1n) is 5.90. The maximum absolute atomic E-state index is 12.0. The van der Waals surface area contributed by atoms with Gasteiger partial charge in [-0.15, -0.1) is 11.3 Å². The molecule has 0 saturated heterocycles. The number of anilines is 1. The number of nitrogens with one attached hydrogen (secondary N) is 1. The second kappa shape index (κ2) is 5.79. The maximum atomic E-state index is 12.0. The van der Waals surface area contributed by atoms with Crippen LogP contribution in [0.3, 0.4) is 0 Å². The lowest BCUT2D eigenvalue weighted by atomic mass is 10.2. The lowest BCUT2D eigenvalue weighted by Crippen LogP contribution is -2.31. The number of aryl methyl sites for hydroxylation is 2. The van der Waals surface area contributed by atoms with E-state index < -0.39 is 0 Å². The van der Waals surface area contributed by atoms with Gasteiger partial charge in [0.15, 0.2) is 0 Å². The van der Waals surface area contributed by atoms with Gasteiger partial charge in [-0.1, -0.05) is 0 Å². The molecular formula is C13H16N4OS. The Morgan fingerprint density at radius 3 is 2.84 bits per heavy atom. The number of thiazole rings is 1. The summed E-state index contributed by atoms with van der Waals surface area (Å²) in [4.78, 5) is 22.0. The molecule has 0 bridgehead atoms. The number of carbonyl (C=O) groups is 1. The molecule has 1 N–H and O–H groups in total. The second-order valence-electron chi connectivity index (χ2n) is 4.38. The van der Waals surface area contributed by atoms with Crippen molar-refractivity contribution in [2.75, 3.05) is 12.4 Å². The molecule has 0 aromatic carbocycles. The van der Waals surface area contributed by atoms with Crippen molar-refractivity contribution >= 4 is 23.2 Å². The van der Waals surface area contributed by atoms with Crippen LogP contribution in [0.1, 0.15) is 16.3 Å². The first-order valence-corrected chi connectivity index (χ1v) is 6.78. The van der Waals surface area contributed by atoms with Gasteiger partial charge in [-0.25, -0.2) is 14.8 Å². The fourth-order valence-electron chi connectivity index (χ4n) is 1.72. The van der Waals surface area contributed by atoms with Crippen LogP contribution in [-0.2, 0) is 6.54 Å². The molecule has 6 heteroatoms. The van der Waals surface area contributed by atoms with Crippen molar-refractivity contribution in [3.8, 4) is 0 Å². The third-order valence-electron chi connectivity index (χ3n) is 2.54. The fourth-order valence-corrected chi connectivity index (χ4v) is 2.38. The predicted molar refractivity (Wildman–Crippen MR) is 76.3 cm³/mol. The van der Waals surface area contributed by atoms with Crippen molar-refractivity contribution in [3.63, 3.8) is 0 Å². The summed E-state index contributed by atoms with van der Waals surface area (Å²) in [6.07, 6.45) is 1.73. The standard InChI is InChI=1S/C13H16N4OS/c1-9-6-10(2)15-11(7-9)16-13(18)17(3)8-12-14-4-5-19-12/h4-7H,8H2,1-3H3,(H,15,16,18). The fraction of sp³-hybridized carbons (Fsp3) is 0.308. The molecule has 0 aliphatic heterocycles. The monoisotopic (exact) mass is 276 g/mol. The van der Waals surface area contributed by atoms with Crippen LogP contribution in [0.25, 0.3) is 0 Å². The van der Waals surface area contributed by atoms with Crippen LogP contribution in [0, 0.1) is 13.8 Å². The molecule has 0 radical (unpaired) electrons. The molecule has 2 amide bonds. The summed E-state index contributed by atoms with van der Waals surface area (Å²) in [6.45, 7) is 4.37. The third kappa shape index (κ3) is 3.75. The summed E-state index contributed by atoms with van der Waals surface area (Å²) in [5, 5.41) is 5.59. The molecule has 0 spiro atoms. The molecular weight excluding hydrogens is 260 g/mol. The summed E-state index contributed by atoms with van der Waals surface area (Å²) in [6, 6.07) is 3.63. The highest BCUT2D eigenvalue weighted by Crippen LogP contribution is 2.11. The first kappa shape index (κ1) is 13.5. The summed E-state index contributed by atoms with van der Waals surface area (Å²) >= 11 is 1.53. The summed E-state index contributed by atoms with van der Waals surface area (Å²) in [7, 11) is 1.74. The van der Waals surface area contributed by atoms with Gasteiger partial charge in [0.05, 0.1) is 6.54 Å². The minimum atomic E-state index is -0.187. The third-order valence-corrected chi connectivity index (χ3v) is 3.30. The van der Waals surface area contributed by atoms with E-state index in [2.05, 4.69) is 15.3 Å². The number of pyridine rings is 1. The van der Waals surface area contributed by atoms with Gasteiger partial charge in [-0.2, -0.15) is 0 Å². The highest BCUT2D eigenvalue weighted by atomic mass is 32.1. The number of carbonyl (C=O) groups excluding carboxylic acids is 1. The number of amides is 2. The van der Waals surface area contributed by atoms with E-state index in [4.69, 9.17) is 0 Å². The molecule has 5 nitrogen and oxygen atoms in total. The van der Waals surface area contributed by atoms with Gasteiger partial charge in [0.25, 0.3) is 0 Å². The average molecular weight is 276 g/mol. The number of hydrogen-bond donors (Lipinski definition) is 1. The average Bonchev–Trinajstić information content (AvgIpc) is 2.80. The van der Waals surface area contributed by atoms with Gasteiger partial charge in [0, 0.05) is 24.3 Å². The SMILES string of the molecule is Cc1cc(C)nc(NC(=O)N(C)Cc2nccs2)c1. The van der Waals surface area contributed by atoms with E-state index in [-0.39, 0.29) is 6.03 Å². The van der Waals surface area contributed by atoms with Crippen LogP contribution in [0.2, 0.25) is 0 Å². The number of hydrogen-bond acceptors (Lipinski definition) is 4. The first-order chi connectivity index (χ1) is 9.04. The minimum Gasteiger partial charge on any atom is -0.321 e. The largest absolute Gasteiger partial charge is 0.323 e. The molecule has 0 aliphatic rings. The number of urea groups is 1. The molecule has 2 rings (SSSR count). The Balaban J connectivity index is 2.00. The zero-order valence-corrected chi connectivity index (χ0v) is 12.0. The minimum absolute atomic E-state index is 0.187. The van der Waals surface area contributed by atoms with Gasteiger partial charge >= 0.3 is 6.03 Å². The maximum Gasteiger partial charge on any atom is 0.323 e. The van der Waals surface area contributed by atoms with E-state index in [0.717, 1.165) is 16.3 Å². The lowest BCUT2D eigenvalue weighted by molar-refractivity contribution is 0.220. The van der Waals surface area contributed by atoms with Gasteiger partial charge in [0.1, 0.15) is 10.8 Å². The smallest absolute Gasteiger partial charge is 0.321 e. The molecule has 0 unspecified atom stereocenters. The molecule has 2 heterocycles. The predicted octanol–water partition coefficient (Wildman–Crippen LogP) is 2.82. The Morgan fingerprint density at radius 2 is 2.21 bits per heavy atom. The quantitative estimate of drug-likeness (QED) is 0.937. The molecule has 2 aromatic heterocycles. The van der Waals surface area contributed by atoms with Crippen molar-refractivity contribution in [2.24, 2.45) is 0 Å². The Bertz CT molecular complexity index is 548. The number of nitrogens with zero attached hydrogens (tertiary/aromatic N) is 3. The van der Waals surface area contributed by atoms with Crippen molar-refractivity contribution in [1.29, 1.82) is 0 Å². The van der Waals surface area contributed by atoms with E-state index in [1.807, 2.05) is 31.4 Å². The molecule has 0 saturated carbocycles. The van der Waals surface area contributed by atoms with Crippen LogP contribution < -0.4 is 5.32 Å². The van der Waals surface area contributed by atoms with Crippen LogP contribution >= 0.6 is 11.3 Å². The zero-order chi connectivity index (χ0) is 13.8. The van der Waals surface area contributed by atoms with Crippen LogP contribution in [-0.4, -0.2) is 27.9 Å². The highest BCUT2D eigenvalue weighted by molar-refractivity contribution is 7.09. The van der Waals surface area contributed by atoms with E-state index in [1.165, 1.54) is 11.3 Å². The molecule has 0 fully saturated rings. The molecule has 2 aromatic rings. The van der Waals surface area contributed by atoms with E-state index in [9.17, 15) is 4.79 Å². The summed E-state index contributed by atoms with van der Waals surface area (Å²) < 4.78 is 0. The molecule has 0 atom stereocenters. The van der Waals surface area contributed by atoms with E-state index in [1.54, 1.807) is 18.1 Å². The second-order valence-corrected chi connectivity index (χ2v) is 5.36. The van der Waals surface area contributed by atoms with Gasteiger partial charge < -0.3 is 4.90 Å². The van der Waals surface area contributed by atoms with Gasteiger partial charge in [-0.3, -0.25) is 5.32 Å². The summed E-state index contributed by atoms with van der Waals surface area (Å²) in [5.41, 5.74) is 1.96. The Morgan fingerprint density at radius 1 is 1.42 bits per heavy atom. The molecule has 19 heavy (non-hydrogen) atoms. The summed E-state index contributed by atoms with van der Waals surface area (Å²) in [5.74, 6) is 0.577. The molecule has 0 aliphatic carbocycles. The lowest BCUT2D eigenvalue weighted by Gasteiger charge is -2.16. The molecule has 100 valence electrons. The van der Waals surface area contributed by atoms with Crippen molar-refractivity contribution in [1.82, 2.24) is 14.9 Å². The van der Waals surface area contributed by atoms with Gasteiger partial charge in [-0.05, 0) is 31.5 Å². The van der Waals surface area contributed by atoms with Crippen molar-refractivity contribution < 1.29 is 4.79 Å². The van der Waals surface area contributed by atoms with E-state index in [0.29, 0.717) is 12.4 Å². The van der Waals surface area contributed by atoms with Crippen molar-refractivity contribution in [2.45, 2.75) is 20.4 Å². The number of aromatic nitrogens is 2. The Labute approximate surface area is 116 Å². The van der Waals surface area contributed by atoms with Gasteiger partial charge in [0.2, 0.25) is 0 Å². The normalized spacial score (nSPS) is 10.3. The highest BCUT2D eigenvalue weighted by Gasteiger charge is 2.11. The van der Waals surface area contributed by atoms with Crippen LogP contribution in [0.5, 0.6) is 0 Å². The van der Waals surface area contributed by atoms with E-state index >= 15 is 0 Å². The van der Waals surface area contributed by atoms with Crippen LogP contribution in [0.15, 0.2) is 23.7 Å². The van der Waals surface area contributed by atoms with Crippen LogP contribution in [0.4, 0.5) is 10.6 Å². The Kier molecular flexibility index (Phi) is 4.11.